The number of nitrogens with one attached hydrogen (secondary N) is 1. The van der Waals surface area contributed by atoms with Crippen molar-refractivity contribution < 1.29 is 14.6 Å². The Morgan fingerprint density at radius 2 is 2.47 bits per heavy atom. The highest BCUT2D eigenvalue weighted by molar-refractivity contribution is 5.64. The van der Waals surface area contributed by atoms with Gasteiger partial charge >= 0.3 is 6.09 Å². The molecule has 0 saturated carbocycles. The number of pyridine rings is 1. The molecule has 1 aliphatic heterocycles. The molecule has 0 spiro atoms. The Labute approximate surface area is 112 Å². The fourth-order valence-electron chi connectivity index (χ4n) is 2.36. The average molecular weight is 265 g/mol. The second kappa shape index (κ2) is 6.38. The number of hydrogen-bond acceptors (Lipinski definition) is 4. The van der Waals surface area contributed by atoms with E-state index < -0.39 is 6.09 Å². The molecule has 0 aliphatic carbocycles. The van der Waals surface area contributed by atoms with Gasteiger partial charge in [0.05, 0.1) is 12.7 Å². The maximum atomic E-state index is 10.3. The lowest BCUT2D eigenvalue weighted by atomic mass is 10.1. The summed E-state index contributed by atoms with van der Waals surface area (Å²) in [5, 5.41) is 10.7. The molecule has 6 nitrogen and oxygen atoms in total. The van der Waals surface area contributed by atoms with Crippen LogP contribution in [0.4, 0.5) is 4.79 Å². The Bertz CT molecular complexity index is 439. The van der Waals surface area contributed by atoms with Gasteiger partial charge in [-0.05, 0) is 38.1 Å². The van der Waals surface area contributed by atoms with E-state index in [1.54, 1.807) is 6.20 Å². The third kappa shape index (κ3) is 3.82. The Kier molecular flexibility index (Phi) is 4.57. The Morgan fingerprint density at radius 3 is 3.16 bits per heavy atom. The van der Waals surface area contributed by atoms with Gasteiger partial charge in [-0.15, -0.1) is 0 Å². The molecule has 1 atom stereocenters. The SMILES string of the molecule is CN1CCC[C@H]1c1cncc(OCCNC(=O)O)c1. The zero-order chi connectivity index (χ0) is 13.7. The van der Waals surface area contributed by atoms with Gasteiger partial charge in [0.1, 0.15) is 12.4 Å². The number of nitrogens with zero attached hydrogens (tertiary/aromatic N) is 2. The highest BCUT2D eigenvalue weighted by atomic mass is 16.5. The molecule has 0 bridgehead atoms. The van der Waals surface area contributed by atoms with E-state index in [1.807, 2.05) is 12.3 Å². The van der Waals surface area contributed by atoms with Crippen molar-refractivity contribution in [2.45, 2.75) is 18.9 Å². The fraction of sp³-hybridized carbons (Fsp3) is 0.538. The van der Waals surface area contributed by atoms with Crippen molar-refractivity contribution in [2.75, 3.05) is 26.7 Å². The van der Waals surface area contributed by atoms with Crippen molar-refractivity contribution in [3.05, 3.63) is 24.0 Å². The van der Waals surface area contributed by atoms with Crippen LogP contribution in [0.15, 0.2) is 18.5 Å². The average Bonchev–Trinajstić information content (AvgIpc) is 2.81. The molecule has 19 heavy (non-hydrogen) atoms. The van der Waals surface area contributed by atoms with Gasteiger partial charge in [0.15, 0.2) is 0 Å². The van der Waals surface area contributed by atoms with E-state index in [9.17, 15) is 4.79 Å². The molecule has 0 radical (unpaired) electrons. The first-order chi connectivity index (χ1) is 9.16. The zero-order valence-electron chi connectivity index (χ0n) is 11.0. The van der Waals surface area contributed by atoms with Crippen molar-refractivity contribution >= 4 is 6.09 Å². The van der Waals surface area contributed by atoms with Crippen molar-refractivity contribution in [2.24, 2.45) is 0 Å². The smallest absolute Gasteiger partial charge is 0.404 e. The summed E-state index contributed by atoms with van der Waals surface area (Å²) in [6, 6.07) is 2.40. The molecule has 1 aromatic rings. The van der Waals surface area contributed by atoms with Crippen LogP contribution in [0.2, 0.25) is 0 Å². The summed E-state index contributed by atoms with van der Waals surface area (Å²) in [5.74, 6) is 0.685. The van der Waals surface area contributed by atoms with Crippen molar-refractivity contribution in [1.82, 2.24) is 15.2 Å². The normalized spacial score (nSPS) is 19.3. The number of aromatic nitrogens is 1. The molecule has 2 rings (SSSR count). The number of likely N-dealkylation sites (tertiary alicyclic amines) is 1. The Hall–Kier alpha value is -1.82. The molecule has 0 unspecified atom stereocenters. The monoisotopic (exact) mass is 265 g/mol. The summed E-state index contributed by atoms with van der Waals surface area (Å²) in [7, 11) is 2.11. The molecule has 1 aliphatic rings. The minimum absolute atomic E-state index is 0.267. The zero-order valence-corrected chi connectivity index (χ0v) is 11.0. The van der Waals surface area contributed by atoms with Crippen LogP contribution in [-0.4, -0.2) is 47.8 Å². The minimum Gasteiger partial charge on any atom is -0.490 e. The standard InChI is InChI=1S/C13H19N3O3/c1-16-5-2-3-12(16)10-7-11(9-14-8-10)19-6-4-15-13(17)18/h7-9,12,15H,2-6H2,1H3,(H,17,18)/t12-/m0/s1. The van der Waals surface area contributed by atoms with Gasteiger partial charge in [0.2, 0.25) is 0 Å². The molecule has 2 heterocycles. The van der Waals surface area contributed by atoms with E-state index in [1.165, 1.54) is 6.42 Å². The van der Waals surface area contributed by atoms with Crippen LogP contribution in [0.25, 0.3) is 0 Å². The highest BCUT2D eigenvalue weighted by Gasteiger charge is 2.22. The summed E-state index contributed by atoms with van der Waals surface area (Å²) in [6.07, 6.45) is 4.83. The Morgan fingerprint density at radius 1 is 1.63 bits per heavy atom. The Balaban J connectivity index is 1.90. The van der Waals surface area contributed by atoms with Gasteiger partial charge in [0.25, 0.3) is 0 Å². The molecule has 104 valence electrons. The summed E-state index contributed by atoms with van der Waals surface area (Å²) in [6.45, 7) is 1.68. The molecule has 6 heteroatoms. The van der Waals surface area contributed by atoms with Crippen LogP contribution < -0.4 is 10.1 Å². The second-order valence-corrected chi connectivity index (χ2v) is 4.67. The molecule has 1 amide bonds. The van der Waals surface area contributed by atoms with E-state index >= 15 is 0 Å². The van der Waals surface area contributed by atoms with Crippen LogP contribution in [0.5, 0.6) is 5.75 Å². The van der Waals surface area contributed by atoms with E-state index in [0.29, 0.717) is 18.4 Å². The largest absolute Gasteiger partial charge is 0.490 e. The molecule has 1 fully saturated rings. The summed E-state index contributed by atoms with van der Waals surface area (Å²) >= 11 is 0. The maximum Gasteiger partial charge on any atom is 0.404 e. The van der Waals surface area contributed by atoms with Gasteiger partial charge in [-0.25, -0.2) is 4.79 Å². The summed E-state index contributed by atoms with van der Waals surface area (Å²) < 4.78 is 5.49. The number of ether oxygens (including phenoxy) is 1. The number of amides is 1. The predicted octanol–water partition coefficient (Wildman–Crippen LogP) is 1.49. The summed E-state index contributed by atoms with van der Waals surface area (Å²) in [4.78, 5) is 16.8. The topological polar surface area (TPSA) is 74.7 Å². The molecule has 1 saturated heterocycles. The third-order valence-electron chi connectivity index (χ3n) is 3.29. The first kappa shape index (κ1) is 13.6. The first-order valence-corrected chi connectivity index (χ1v) is 6.41. The fourth-order valence-corrected chi connectivity index (χ4v) is 2.36. The van der Waals surface area contributed by atoms with Crippen molar-refractivity contribution in [3.8, 4) is 5.75 Å². The molecule has 2 N–H and O–H groups in total. The molecular weight excluding hydrogens is 246 g/mol. The number of carbonyl (C=O) groups is 1. The lowest BCUT2D eigenvalue weighted by Gasteiger charge is -2.19. The van der Waals surface area contributed by atoms with Gasteiger partial charge in [-0.3, -0.25) is 9.88 Å². The quantitative estimate of drug-likeness (QED) is 0.789. The van der Waals surface area contributed by atoms with E-state index in [0.717, 1.165) is 18.5 Å². The van der Waals surface area contributed by atoms with Gasteiger partial charge in [-0.2, -0.15) is 0 Å². The second-order valence-electron chi connectivity index (χ2n) is 4.67. The molecule has 1 aromatic heterocycles. The van der Waals surface area contributed by atoms with Gasteiger partial charge in [0, 0.05) is 12.2 Å². The third-order valence-corrected chi connectivity index (χ3v) is 3.29. The maximum absolute atomic E-state index is 10.3. The van der Waals surface area contributed by atoms with Gasteiger partial charge in [-0.1, -0.05) is 0 Å². The van der Waals surface area contributed by atoms with E-state index in [-0.39, 0.29) is 6.54 Å². The molecular formula is C13H19N3O3. The number of hydrogen-bond donors (Lipinski definition) is 2. The number of carboxylic acid groups (broad SMARTS) is 1. The lowest BCUT2D eigenvalue weighted by Crippen LogP contribution is -2.26. The number of rotatable bonds is 5. The van der Waals surface area contributed by atoms with E-state index in [2.05, 4.69) is 22.2 Å². The predicted molar refractivity (Wildman–Crippen MR) is 70.4 cm³/mol. The van der Waals surface area contributed by atoms with Crippen LogP contribution in [-0.2, 0) is 0 Å². The summed E-state index contributed by atoms with van der Waals surface area (Å²) in [5.41, 5.74) is 1.16. The van der Waals surface area contributed by atoms with Gasteiger partial charge < -0.3 is 15.2 Å². The first-order valence-electron chi connectivity index (χ1n) is 6.41. The highest BCUT2D eigenvalue weighted by Crippen LogP contribution is 2.31. The lowest BCUT2D eigenvalue weighted by molar-refractivity contribution is 0.191. The van der Waals surface area contributed by atoms with Crippen LogP contribution >= 0.6 is 0 Å². The van der Waals surface area contributed by atoms with Crippen molar-refractivity contribution in [1.29, 1.82) is 0 Å². The minimum atomic E-state index is -1.04. The van der Waals surface area contributed by atoms with E-state index in [4.69, 9.17) is 9.84 Å². The molecule has 0 aromatic carbocycles. The van der Waals surface area contributed by atoms with Crippen LogP contribution in [0.1, 0.15) is 24.4 Å². The van der Waals surface area contributed by atoms with Crippen molar-refractivity contribution in [3.63, 3.8) is 0 Å². The van der Waals surface area contributed by atoms with Crippen LogP contribution in [0, 0.1) is 0 Å². The van der Waals surface area contributed by atoms with Crippen LogP contribution in [0.3, 0.4) is 0 Å².